The van der Waals surface area contributed by atoms with E-state index >= 15 is 0 Å². The van der Waals surface area contributed by atoms with Gasteiger partial charge >= 0.3 is 0 Å². The number of carbonyl (C=O) groups excluding carboxylic acids is 1. The van der Waals surface area contributed by atoms with Gasteiger partial charge in [0.1, 0.15) is 5.52 Å². The second-order valence-corrected chi connectivity index (χ2v) is 9.02. The van der Waals surface area contributed by atoms with Crippen molar-refractivity contribution in [3.63, 3.8) is 0 Å². The van der Waals surface area contributed by atoms with Crippen molar-refractivity contribution in [2.75, 3.05) is 5.32 Å². The number of rotatable bonds is 4. The number of H-pyrrole nitrogens is 1. The van der Waals surface area contributed by atoms with E-state index in [-0.39, 0.29) is 30.0 Å². The molecule has 2 aliphatic rings. The molecule has 0 aliphatic heterocycles. The lowest BCUT2D eigenvalue weighted by molar-refractivity contribution is -0.200. The van der Waals surface area contributed by atoms with Crippen LogP contribution in [0.15, 0.2) is 54.7 Å². The average Bonchev–Trinajstić information content (AvgIpc) is 3.12. The van der Waals surface area contributed by atoms with Crippen LogP contribution >= 0.6 is 0 Å². The molecule has 0 atom stereocenters. The summed E-state index contributed by atoms with van der Waals surface area (Å²) in [5.74, 6) is -1.98. The monoisotopic (exact) mass is 418 g/mol. The van der Waals surface area contributed by atoms with Gasteiger partial charge in [-0.1, -0.05) is 24.3 Å². The van der Waals surface area contributed by atoms with Crippen LogP contribution in [0.25, 0.3) is 21.8 Å². The number of ketones is 1. The fourth-order valence-corrected chi connectivity index (χ4v) is 5.38. The third-order valence-corrected chi connectivity index (χ3v) is 6.73. The number of aromatic nitrogens is 3. The number of Topliss-reactive ketones (excluding diaryl/α,β-unsaturated/α-hetero) is 1. The number of halogens is 2. The Kier molecular flexibility index (Phi) is 3.76. The van der Waals surface area contributed by atoms with E-state index in [4.69, 9.17) is 0 Å². The second-order valence-electron chi connectivity index (χ2n) is 9.02. The molecule has 0 amide bonds. The Hall–Kier alpha value is -3.35. The summed E-state index contributed by atoms with van der Waals surface area (Å²) >= 11 is 0. The lowest BCUT2D eigenvalue weighted by atomic mass is 9.49. The summed E-state index contributed by atoms with van der Waals surface area (Å²) in [6.07, 6.45) is 2.75. The fraction of sp³-hybridized carbons (Fsp3) is 0.292. The molecule has 2 fully saturated rings. The Morgan fingerprint density at radius 1 is 1.10 bits per heavy atom. The summed E-state index contributed by atoms with van der Waals surface area (Å²) in [7, 11) is 0. The first kappa shape index (κ1) is 18.4. The lowest BCUT2D eigenvalue weighted by Gasteiger charge is -2.56. The van der Waals surface area contributed by atoms with Crippen LogP contribution in [-0.4, -0.2) is 26.9 Å². The van der Waals surface area contributed by atoms with E-state index in [9.17, 15) is 13.6 Å². The van der Waals surface area contributed by atoms with Crippen molar-refractivity contribution in [2.24, 2.45) is 11.3 Å². The molecule has 2 N–H and O–H groups in total. The summed E-state index contributed by atoms with van der Waals surface area (Å²) in [5, 5.41) is 12.3. The SMILES string of the molecule is O=C(c1cccc2cc(Nc3n[nH]c4cccnc34)ccc12)C1CC2(C1)CC(F)(F)C2. The highest BCUT2D eigenvalue weighted by Crippen LogP contribution is 2.65. The van der Waals surface area contributed by atoms with Crippen LogP contribution in [0.3, 0.4) is 0 Å². The summed E-state index contributed by atoms with van der Waals surface area (Å²) in [4.78, 5) is 17.4. The van der Waals surface area contributed by atoms with Gasteiger partial charge in [0.15, 0.2) is 11.6 Å². The highest BCUT2D eigenvalue weighted by Gasteiger charge is 2.62. The molecule has 2 aromatic carbocycles. The van der Waals surface area contributed by atoms with Gasteiger partial charge < -0.3 is 5.32 Å². The number of pyridine rings is 1. The first-order valence-corrected chi connectivity index (χ1v) is 10.4. The van der Waals surface area contributed by atoms with Crippen molar-refractivity contribution in [2.45, 2.75) is 31.6 Å². The van der Waals surface area contributed by atoms with Gasteiger partial charge in [0, 0.05) is 36.2 Å². The van der Waals surface area contributed by atoms with E-state index in [2.05, 4.69) is 20.5 Å². The van der Waals surface area contributed by atoms with Crippen LogP contribution in [-0.2, 0) is 0 Å². The maximum absolute atomic E-state index is 13.3. The highest BCUT2D eigenvalue weighted by atomic mass is 19.3. The normalized spacial score (nSPS) is 19.3. The Bertz CT molecular complexity index is 1330. The Labute approximate surface area is 176 Å². The van der Waals surface area contributed by atoms with E-state index in [0.717, 1.165) is 27.5 Å². The lowest BCUT2D eigenvalue weighted by Crippen LogP contribution is -2.55. The van der Waals surface area contributed by atoms with E-state index in [1.165, 1.54) is 0 Å². The van der Waals surface area contributed by atoms with Gasteiger partial charge in [-0.2, -0.15) is 5.10 Å². The van der Waals surface area contributed by atoms with E-state index < -0.39 is 5.92 Å². The predicted octanol–water partition coefficient (Wildman–Crippen LogP) is 5.86. The van der Waals surface area contributed by atoms with Crippen molar-refractivity contribution in [1.82, 2.24) is 15.2 Å². The van der Waals surface area contributed by atoms with Gasteiger partial charge in [-0.25, -0.2) is 8.78 Å². The molecule has 2 aromatic heterocycles. The molecule has 0 bridgehead atoms. The summed E-state index contributed by atoms with van der Waals surface area (Å²) in [6.45, 7) is 0. The maximum Gasteiger partial charge on any atom is 0.249 e. The predicted molar refractivity (Wildman–Crippen MR) is 115 cm³/mol. The fourth-order valence-electron chi connectivity index (χ4n) is 5.38. The molecule has 0 saturated heterocycles. The molecule has 2 aliphatic carbocycles. The molecule has 4 aromatic rings. The molecular formula is C24H20F2N4O. The number of fused-ring (bicyclic) bond motifs is 2. The summed E-state index contributed by atoms with van der Waals surface area (Å²) in [6, 6.07) is 15.3. The van der Waals surface area contributed by atoms with Gasteiger partial charge in [0.2, 0.25) is 5.92 Å². The van der Waals surface area contributed by atoms with Crippen molar-refractivity contribution in [3.8, 4) is 0 Å². The van der Waals surface area contributed by atoms with E-state index in [1.807, 2.05) is 48.5 Å². The number of alkyl halides is 2. The van der Waals surface area contributed by atoms with Crippen LogP contribution in [0.2, 0.25) is 0 Å². The van der Waals surface area contributed by atoms with Crippen LogP contribution in [0.1, 0.15) is 36.0 Å². The number of aromatic amines is 1. The van der Waals surface area contributed by atoms with Crippen molar-refractivity contribution in [3.05, 3.63) is 60.3 Å². The number of nitrogens with zero attached hydrogens (tertiary/aromatic N) is 2. The average molecular weight is 418 g/mol. The number of hydrogen-bond donors (Lipinski definition) is 2. The molecule has 0 unspecified atom stereocenters. The number of anilines is 2. The number of carbonyl (C=O) groups is 1. The topological polar surface area (TPSA) is 70.7 Å². The number of nitrogens with one attached hydrogen (secondary N) is 2. The molecule has 31 heavy (non-hydrogen) atoms. The summed E-state index contributed by atoms with van der Waals surface area (Å²) in [5.41, 5.74) is 2.82. The Balaban J connectivity index is 1.25. The quantitative estimate of drug-likeness (QED) is 0.407. The molecule has 2 heterocycles. The van der Waals surface area contributed by atoms with E-state index in [0.29, 0.717) is 24.2 Å². The minimum absolute atomic E-state index is 0.0644. The van der Waals surface area contributed by atoms with Gasteiger partial charge in [-0.3, -0.25) is 14.9 Å². The highest BCUT2D eigenvalue weighted by molar-refractivity contribution is 6.10. The zero-order chi connectivity index (χ0) is 21.2. The van der Waals surface area contributed by atoms with Gasteiger partial charge in [-0.05, 0) is 53.3 Å². The van der Waals surface area contributed by atoms with Gasteiger partial charge in [0.05, 0.1) is 5.52 Å². The first-order chi connectivity index (χ1) is 14.9. The van der Waals surface area contributed by atoms with Gasteiger partial charge in [-0.15, -0.1) is 0 Å². The van der Waals surface area contributed by atoms with Crippen LogP contribution < -0.4 is 5.32 Å². The number of benzene rings is 2. The van der Waals surface area contributed by atoms with Crippen molar-refractivity contribution < 1.29 is 13.6 Å². The zero-order valence-corrected chi connectivity index (χ0v) is 16.7. The molecule has 156 valence electrons. The molecule has 2 saturated carbocycles. The van der Waals surface area contributed by atoms with Gasteiger partial charge in [0.25, 0.3) is 0 Å². The number of hydrogen-bond acceptors (Lipinski definition) is 4. The maximum atomic E-state index is 13.3. The molecular weight excluding hydrogens is 398 g/mol. The molecule has 7 heteroatoms. The van der Waals surface area contributed by atoms with E-state index in [1.54, 1.807) is 6.20 Å². The Morgan fingerprint density at radius 3 is 2.74 bits per heavy atom. The standard InChI is InChI=1S/C24H20F2N4O/c25-24(26)12-23(13-24)10-15(11-23)21(31)18-4-1-3-14-9-16(6-7-17(14)18)28-22-20-19(29-30-22)5-2-8-27-20/h1-9,15H,10-13H2,(H2,28,29,30). The van der Waals surface area contributed by atoms with Crippen LogP contribution in [0, 0.1) is 11.3 Å². The zero-order valence-electron chi connectivity index (χ0n) is 16.7. The largest absolute Gasteiger partial charge is 0.337 e. The summed E-state index contributed by atoms with van der Waals surface area (Å²) < 4.78 is 26.5. The molecule has 6 rings (SSSR count). The third-order valence-electron chi connectivity index (χ3n) is 6.73. The molecule has 5 nitrogen and oxygen atoms in total. The smallest absolute Gasteiger partial charge is 0.249 e. The minimum atomic E-state index is -2.54. The molecule has 0 radical (unpaired) electrons. The first-order valence-electron chi connectivity index (χ1n) is 10.4. The van der Waals surface area contributed by atoms with Crippen molar-refractivity contribution in [1.29, 1.82) is 0 Å². The second kappa shape index (κ2) is 6.33. The van der Waals surface area contributed by atoms with Crippen LogP contribution in [0.4, 0.5) is 20.3 Å². The minimum Gasteiger partial charge on any atom is -0.337 e. The van der Waals surface area contributed by atoms with Crippen molar-refractivity contribution >= 4 is 39.1 Å². The Morgan fingerprint density at radius 2 is 1.94 bits per heavy atom. The molecule has 1 spiro atoms. The van der Waals surface area contributed by atoms with Crippen LogP contribution in [0.5, 0.6) is 0 Å². The third kappa shape index (κ3) is 2.99.